The molecule has 1 unspecified atom stereocenters. The van der Waals surface area contributed by atoms with Crippen LogP contribution in [0.5, 0.6) is 11.5 Å². The second kappa shape index (κ2) is 9.00. The molecule has 172 valence electrons. The standard InChI is InChI=1S/C24H22Cl2N2O5/c1-4-9-28-19(14-11-27-16-8-6-5-7-12(14)16)17(21(30)24(28)31)20(29)13-10-15(25)23(33-3)18(26)22(13)32-2/h5-8,10-11,19,27,29H,4,9H2,1-3H3/b20-17+. The lowest BCUT2D eigenvalue weighted by Crippen LogP contribution is -2.30. The zero-order valence-corrected chi connectivity index (χ0v) is 19.8. The second-order valence-corrected chi connectivity index (χ2v) is 8.35. The van der Waals surface area contributed by atoms with Gasteiger partial charge >= 0.3 is 0 Å². The number of nitrogens with zero attached hydrogens (tertiary/aromatic N) is 1. The molecule has 2 aromatic carbocycles. The van der Waals surface area contributed by atoms with Gasteiger partial charge in [0.05, 0.1) is 36.4 Å². The number of nitrogens with one attached hydrogen (secondary N) is 1. The van der Waals surface area contributed by atoms with Crippen LogP contribution in [-0.2, 0) is 9.59 Å². The Hall–Kier alpha value is -3.16. The molecule has 1 aromatic heterocycles. The fourth-order valence-electron chi connectivity index (χ4n) is 4.29. The Morgan fingerprint density at radius 2 is 1.85 bits per heavy atom. The van der Waals surface area contributed by atoms with Gasteiger partial charge in [0, 0.05) is 29.2 Å². The van der Waals surface area contributed by atoms with Crippen molar-refractivity contribution in [3.05, 3.63) is 63.3 Å². The zero-order valence-electron chi connectivity index (χ0n) is 18.2. The number of aromatic amines is 1. The Morgan fingerprint density at radius 3 is 2.52 bits per heavy atom. The summed E-state index contributed by atoms with van der Waals surface area (Å²) in [6.07, 6.45) is 2.39. The number of carbonyl (C=O) groups excluding carboxylic acids is 2. The van der Waals surface area contributed by atoms with Crippen LogP contribution in [0.2, 0.25) is 10.0 Å². The maximum atomic E-state index is 13.2. The van der Waals surface area contributed by atoms with Crippen molar-refractivity contribution in [1.82, 2.24) is 9.88 Å². The molecule has 1 saturated heterocycles. The largest absolute Gasteiger partial charge is 0.507 e. The van der Waals surface area contributed by atoms with Crippen molar-refractivity contribution in [1.29, 1.82) is 0 Å². The molecule has 3 aromatic rings. The molecule has 1 aliphatic heterocycles. The lowest BCUT2D eigenvalue weighted by Gasteiger charge is -2.24. The van der Waals surface area contributed by atoms with Gasteiger partial charge in [-0.05, 0) is 18.6 Å². The second-order valence-electron chi connectivity index (χ2n) is 7.57. The summed E-state index contributed by atoms with van der Waals surface area (Å²) in [6.45, 7) is 2.25. The van der Waals surface area contributed by atoms with Gasteiger partial charge in [-0.1, -0.05) is 48.3 Å². The van der Waals surface area contributed by atoms with Crippen molar-refractivity contribution in [3.63, 3.8) is 0 Å². The van der Waals surface area contributed by atoms with Crippen LogP contribution in [0.25, 0.3) is 16.7 Å². The molecule has 33 heavy (non-hydrogen) atoms. The number of Topliss-reactive ketones (excluding diaryl/α,β-unsaturated/α-hetero) is 1. The van der Waals surface area contributed by atoms with E-state index < -0.39 is 23.5 Å². The number of rotatable bonds is 6. The van der Waals surface area contributed by atoms with E-state index in [4.69, 9.17) is 32.7 Å². The van der Waals surface area contributed by atoms with Crippen LogP contribution in [0.4, 0.5) is 0 Å². The molecule has 2 N–H and O–H groups in total. The number of H-pyrrole nitrogens is 1. The highest BCUT2D eigenvalue weighted by atomic mass is 35.5. The summed E-state index contributed by atoms with van der Waals surface area (Å²) in [7, 11) is 2.78. The number of aliphatic hydroxyl groups is 1. The van der Waals surface area contributed by atoms with Gasteiger partial charge in [0.25, 0.3) is 11.7 Å². The van der Waals surface area contributed by atoms with Crippen molar-refractivity contribution >= 4 is 51.6 Å². The SMILES string of the molecule is CCCN1C(=O)C(=O)/C(=C(/O)c2cc(Cl)c(OC)c(Cl)c2OC)C1c1c[nH]c2ccccc12. The molecular weight excluding hydrogens is 467 g/mol. The first-order valence-electron chi connectivity index (χ1n) is 10.3. The fraction of sp³-hybridized carbons (Fsp3) is 0.250. The molecule has 0 spiro atoms. The van der Waals surface area contributed by atoms with Crippen LogP contribution in [0.1, 0.15) is 30.5 Å². The van der Waals surface area contributed by atoms with E-state index in [0.29, 0.717) is 18.5 Å². The number of amides is 1. The summed E-state index contributed by atoms with van der Waals surface area (Å²) in [6, 6.07) is 8.16. The molecule has 0 bridgehead atoms. The van der Waals surface area contributed by atoms with E-state index in [2.05, 4.69) is 4.98 Å². The van der Waals surface area contributed by atoms with Crippen molar-refractivity contribution in [2.45, 2.75) is 19.4 Å². The smallest absolute Gasteiger partial charge is 0.295 e. The molecule has 1 fully saturated rings. The lowest BCUT2D eigenvalue weighted by molar-refractivity contribution is -0.139. The average Bonchev–Trinajstić information content (AvgIpc) is 3.33. The lowest BCUT2D eigenvalue weighted by atomic mass is 9.94. The number of fused-ring (bicyclic) bond motifs is 1. The Balaban J connectivity index is 2.01. The molecule has 1 atom stereocenters. The number of ketones is 1. The number of benzene rings is 2. The number of aliphatic hydroxyl groups excluding tert-OH is 1. The summed E-state index contributed by atoms with van der Waals surface area (Å²) in [4.78, 5) is 30.8. The van der Waals surface area contributed by atoms with Crippen LogP contribution in [-0.4, -0.2) is 47.4 Å². The third-order valence-corrected chi connectivity index (χ3v) is 6.34. The number of methoxy groups -OCH3 is 2. The minimum absolute atomic E-state index is 0.0421. The van der Waals surface area contributed by atoms with E-state index in [1.165, 1.54) is 25.2 Å². The Morgan fingerprint density at radius 1 is 1.15 bits per heavy atom. The van der Waals surface area contributed by atoms with E-state index in [1.54, 1.807) is 6.20 Å². The monoisotopic (exact) mass is 488 g/mol. The van der Waals surface area contributed by atoms with Crippen molar-refractivity contribution < 1.29 is 24.2 Å². The Labute approximate surface area is 200 Å². The predicted octanol–water partition coefficient (Wildman–Crippen LogP) is 5.32. The molecule has 2 heterocycles. The molecule has 0 aliphatic carbocycles. The van der Waals surface area contributed by atoms with Gasteiger partial charge in [-0.3, -0.25) is 9.59 Å². The quantitative estimate of drug-likeness (QED) is 0.278. The minimum Gasteiger partial charge on any atom is -0.507 e. The van der Waals surface area contributed by atoms with Crippen LogP contribution in [0, 0.1) is 0 Å². The number of hydrogen-bond acceptors (Lipinski definition) is 5. The van der Waals surface area contributed by atoms with Crippen molar-refractivity contribution in [2.24, 2.45) is 0 Å². The first kappa shape index (κ1) is 23.0. The third-order valence-electron chi connectivity index (χ3n) is 5.71. The van der Waals surface area contributed by atoms with Gasteiger partial charge in [0.2, 0.25) is 0 Å². The van der Waals surface area contributed by atoms with E-state index in [1.807, 2.05) is 31.2 Å². The maximum Gasteiger partial charge on any atom is 0.295 e. The summed E-state index contributed by atoms with van der Waals surface area (Å²) >= 11 is 12.7. The van der Waals surface area contributed by atoms with Crippen LogP contribution >= 0.6 is 23.2 Å². The van der Waals surface area contributed by atoms with E-state index in [9.17, 15) is 14.7 Å². The number of halogens is 2. The van der Waals surface area contributed by atoms with Gasteiger partial charge in [-0.25, -0.2) is 0 Å². The Kier molecular flexibility index (Phi) is 6.28. The normalized spacial score (nSPS) is 17.7. The summed E-state index contributed by atoms with van der Waals surface area (Å²) in [5.41, 5.74) is 1.58. The highest BCUT2D eigenvalue weighted by molar-refractivity contribution is 6.47. The van der Waals surface area contributed by atoms with E-state index in [0.717, 1.165) is 10.9 Å². The number of hydrogen-bond donors (Lipinski definition) is 2. The minimum atomic E-state index is -0.801. The summed E-state index contributed by atoms with van der Waals surface area (Å²) in [5.74, 6) is -1.65. The Bertz CT molecular complexity index is 1300. The molecule has 7 nitrogen and oxygen atoms in total. The average molecular weight is 489 g/mol. The molecule has 1 aliphatic rings. The molecule has 0 radical (unpaired) electrons. The van der Waals surface area contributed by atoms with Crippen molar-refractivity contribution in [3.8, 4) is 11.5 Å². The summed E-state index contributed by atoms with van der Waals surface area (Å²) in [5, 5.41) is 12.4. The molecule has 4 rings (SSSR count). The van der Waals surface area contributed by atoms with Crippen LogP contribution in [0.15, 0.2) is 42.1 Å². The molecule has 9 heteroatoms. The van der Waals surface area contributed by atoms with Gasteiger partial charge in [0.1, 0.15) is 10.8 Å². The zero-order chi connectivity index (χ0) is 23.9. The predicted molar refractivity (Wildman–Crippen MR) is 127 cm³/mol. The maximum absolute atomic E-state index is 13.2. The first-order chi connectivity index (χ1) is 15.8. The number of carbonyl (C=O) groups is 2. The van der Waals surface area contributed by atoms with Gasteiger partial charge < -0.3 is 24.5 Å². The van der Waals surface area contributed by atoms with Gasteiger partial charge in [-0.2, -0.15) is 0 Å². The van der Waals surface area contributed by atoms with E-state index in [-0.39, 0.29) is 32.7 Å². The van der Waals surface area contributed by atoms with Crippen LogP contribution < -0.4 is 9.47 Å². The fourth-order valence-corrected chi connectivity index (χ4v) is 4.97. The number of likely N-dealkylation sites (tertiary alicyclic amines) is 1. The number of ether oxygens (including phenoxy) is 2. The summed E-state index contributed by atoms with van der Waals surface area (Å²) < 4.78 is 10.6. The van der Waals surface area contributed by atoms with Gasteiger partial charge in [-0.15, -0.1) is 0 Å². The number of aromatic nitrogens is 1. The topological polar surface area (TPSA) is 91.9 Å². The number of para-hydroxylation sites is 1. The van der Waals surface area contributed by atoms with Gasteiger partial charge in [0.15, 0.2) is 11.5 Å². The highest BCUT2D eigenvalue weighted by Gasteiger charge is 2.47. The highest BCUT2D eigenvalue weighted by Crippen LogP contribution is 2.47. The molecule has 0 saturated carbocycles. The van der Waals surface area contributed by atoms with Crippen molar-refractivity contribution in [2.75, 3.05) is 20.8 Å². The third kappa shape index (κ3) is 3.61. The van der Waals surface area contributed by atoms with E-state index >= 15 is 0 Å². The molecule has 1 amide bonds. The molecular formula is C24H22Cl2N2O5. The first-order valence-corrected chi connectivity index (χ1v) is 11.1. The van der Waals surface area contributed by atoms with Crippen LogP contribution in [0.3, 0.4) is 0 Å².